The highest BCUT2D eigenvalue weighted by atomic mass is 32.1. The molecule has 0 spiro atoms. The second kappa shape index (κ2) is 4.07. The highest BCUT2D eigenvalue weighted by Gasteiger charge is 2.50. The topological polar surface area (TPSA) is 48.1 Å². The van der Waals surface area contributed by atoms with Gasteiger partial charge in [-0.2, -0.15) is 13.2 Å². The first-order valence-corrected chi connectivity index (χ1v) is 4.96. The Morgan fingerprint density at radius 1 is 1.53 bits per heavy atom. The van der Waals surface area contributed by atoms with E-state index in [9.17, 15) is 13.2 Å². The molecule has 7 heteroatoms. The van der Waals surface area contributed by atoms with Gasteiger partial charge in [0.25, 0.3) is 0 Å². The van der Waals surface area contributed by atoms with Gasteiger partial charge in [0.1, 0.15) is 5.01 Å². The van der Waals surface area contributed by atoms with Crippen LogP contribution in [-0.2, 0) is 16.9 Å². The van der Waals surface area contributed by atoms with E-state index < -0.39 is 11.7 Å². The van der Waals surface area contributed by atoms with E-state index in [1.165, 1.54) is 12.5 Å². The van der Waals surface area contributed by atoms with Gasteiger partial charge in [0.15, 0.2) is 5.54 Å². The molecule has 0 fully saturated rings. The maximum Gasteiger partial charge on any atom is 0.411 e. The fraction of sp³-hybridized carbons (Fsp3) is 0.625. The van der Waals surface area contributed by atoms with Crippen LogP contribution in [0.15, 0.2) is 5.38 Å². The van der Waals surface area contributed by atoms with Crippen molar-refractivity contribution >= 4 is 11.3 Å². The van der Waals surface area contributed by atoms with Gasteiger partial charge in [0, 0.05) is 12.5 Å². The van der Waals surface area contributed by atoms with E-state index in [1.807, 2.05) is 0 Å². The van der Waals surface area contributed by atoms with E-state index in [1.54, 1.807) is 0 Å². The minimum atomic E-state index is -4.51. The van der Waals surface area contributed by atoms with Crippen LogP contribution in [-0.4, -0.2) is 18.3 Å². The Hall–Kier alpha value is -0.660. The Morgan fingerprint density at radius 3 is 2.60 bits per heavy atom. The Bertz CT molecular complexity index is 335. The van der Waals surface area contributed by atoms with Crippen molar-refractivity contribution in [2.24, 2.45) is 5.73 Å². The predicted octanol–water partition coefficient (Wildman–Crippen LogP) is 2.03. The number of methoxy groups -OCH3 is 1. The lowest BCUT2D eigenvalue weighted by atomic mass is 10.00. The predicted molar refractivity (Wildman–Crippen MR) is 50.4 cm³/mol. The summed E-state index contributed by atoms with van der Waals surface area (Å²) in [5.41, 5.74) is 2.62. The molecule has 0 bridgehead atoms. The van der Waals surface area contributed by atoms with Gasteiger partial charge in [-0.25, -0.2) is 4.98 Å². The van der Waals surface area contributed by atoms with E-state index >= 15 is 0 Å². The molecule has 0 radical (unpaired) electrons. The minimum absolute atomic E-state index is 0.174. The molecule has 0 saturated heterocycles. The van der Waals surface area contributed by atoms with E-state index in [0.29, 0.717) is 5.01 Å². The largest absolute Gasteiger partial charge is 0.411 e. The molecule has 0 saturated carbocycles. The van der Waals surface area contributed by atoms with Crippen LogP contribution in [0, 0.1) is 0 Å². The zero-order valence-electron chi connectivity index (χ0n) is 8.26. The van der Waals surface area contributed by atoms with Gasteiger partial charge in [-0.3, -0.25) is 0 Å². The van der Waals surface area contributed by atoms with Crippen LogP contribution in [0.3, 0.4) is 0 Å². The first-order chi connectivity index (χ1) is 6.79. The molecule has 1 rings (SSSR count). The minimum Gasteiger partial charge on any atom is -0.378 e. The van der Waals surface area contributed by atoms with Crippen molar-refractivity contribution in [1.29, 1.82) is 0 Å². The molecule has 1 aromatic heterocycles. The molecule has 1 unspecified atom stereocenters. The van der Waals surface area contributed by atoms with Crippen molar-refractivity contribution < 1.29 is 17.9 Å². The average Bonchev–Trinajstić information content (AvgIpc) is 2.51. The molecule has 1 aromatic rings. The highest BCUT2D eigenvalue weighted by molar-refractivity contribution is 7.09. The van der Waals surface area contributed by atoms with Gasteiger partial charge < -0.3 is 10.5 Å². The van der Waals surface area contributed by atoms with E-state index in [2.05, 4.69) is 4.98 Å². The average molecular weight is 240 g/mol. The molecule has 3 nitrogen and oxygen atoms in total. The molecular weight excluding hydrogens is 229 g/mol. The van der Waals surface area contributed by atoms with E-state index in [-0.39, 0.29) is 12.3 Å². The van der Waals surface area contributed by atoms with Crippen molar-refractivity contribution in [3.63, 3.8) is 0 Å². The fourth-order valence-electron chi connectivity index (χ4n) is 0.884. The summed E-state index contributed by atoms with van der Waals surface area (Å²) in [6.45, 7) is 1.09. The standard InChI is InChI=1S/C8H11F3N2OS/c1-7(12,8(9,10)11)5-4-15-6(13-5)3-14-2/h4H,3,12H2,1-2H3. The number of aromatic nitrogens is 1. The van der Waals surface area contributed by atoms with Crippen LogP contribution in [0.2, 0.25) is 0 Å². The zero-order valence-corrected chi connectivity index (χ0v) is 9.08. The van der Waals surface area contributed by atoms with Gasteiger partial charge in [0.2, 0.25) is 0 Å². The molecule has 86 valence electrons. The third-order valence-corrected chi connectivity index (χ3v) is 2.76. The van der Waals surface area contributed by atoms with Crippen LogP contribution >= 0.6 is 11.3 Å². The molecule has 0 aromatic carbocycles. The number of halogens is 3. The zero-order chi connectivity index (χ0) is 11.7. The number of nitrogens with zero attached hydrogens (tertiary/aromatic N) is 1. The van der Waals surface area contributed by atoms with E-state index in [4.69, 9.17) is 10.5 Å². The van der Waals surface area contributed by atoms with Crippen LogP contribution in [0.5, 0.6) is 0 Å². The maximum absolute atomic E-state index is 12.5. The lowest BCUT2D eigenvalue weighted by molar-refractivity contribution is -0.185. The van der Waals surface area contributed by atoms with Crippen molar-refractivity contribution in [2.45, 2.75) is 25.2 Å². The first kappa shape index (κ1) is 12.4. The van der Waals surface area contributed by atoms with Crippen molar-refractivity contribution in [2.75, 3.05) is 7.11 Å². The summed E-state index contributed by atoms with van der Waals surface area (Å²) in [4.78, 5) is 3.79. The normalized spacial score (nSPS) is 16.4. The van der Waals surface area contributed by atoms with Crippen LogP contribution in [0.25, 0.3) is 0 Å². The van der Waals surface area contributed by atoms with Gasteiger partial charge in [-0.1, -0.05) is 0 Å². The van der Waals surface area contributed by atoms with Crippen LogP contribution in [0.1, 0.15) is 17.6 Å². The van der Waals surface area contributed by atoms with Crippen molar-refractivity contribution in [3.8, 4) is 0 Å². The Morgan fingerprint density at radius 2 is 2.13 bits per heavy atom. The van der Waals surface area contributed by atoms with Crippen LogP contribution in [0.4, 0.5) is 13.2 Å². The molecule has 0 aliphatic heterocycles. The van der Waals surface area contributed by atoms with Crippen molar-refractivity contribution in [3.05, 3.63) is 16.1 Å². The number of nitrogens with two attached hydrogens (primary N) is 1. The molecule has 15 heavy (non-hydrogen) atoms. The fourth-order valence-corrected chi connectivity index (χ4v) is 1.77. The summed E-state index contributed by atoms with van der Waals surface area (Å²) < 4.78 is 42.3. The maximum atomic E-state index is 12.5. The SMILES string of the molecule is COCc1nc(C(C)(N)C(F)(F)F)cs1. The Balaban J connectivity index is 2.95. The lowest BCUT2D eigenvalue weighted by Gasteiger charge is -2.25. The smallest absolute Gasteiger partial charge is 0.378 e. The summed E-state index contributed by atoms with van der Waals surface area (Å²) in [5.74, 6) is 0. The third-order valence-electron chi connectivity index (χ3n) is 1.94. The van der Waals surface area contributed by atoms with Gasteiger partial charge in [-0.05, 0) is 6.92 Å². The monoisotopic (exact) mass is 240 g/mol. The number of ether oxygens (including phenoxy) is 1. The lowest BCUT2D eigenvalue weighted by Crippen LogP contribution is -2.47. The molecule has 0 aliphatic carbocycles. The molecule has 2 N–H and O–H groups in total. The van der Waals surface area contributed by atoms with Gasteiger partial charge >= 0.3 is 6.18 Å². The number of rotatable bonds is 3. The quantitative estimate of drug-likeness (QED) is 0.879. The van der Waals surface area contributed by atoms with Gasteiger partial charge in [0.05, 0.1) is 12.3 Å². The molecule has 1 atom stereocenters. The summed E-state index contributed by atoms with van der Waals surface area (Å²) in [6.07, 6.45) is -4.51. The first-order valence-electron chi connectivity index (χ1n) is 4.08. The van der Waals surface area contributed by atoms with Crippen molar-refractivity contribution in [1.82, 2.24) is 4.98 Å². The molecule has 0 aliphatic rings. The van der Waals surface area contributed by atoms with E-state index in [0.717, 1.165) is 18.3 Å². The summed E-state index contributed by atoms with van der Waals surface area (Å²) in [5, 5.41) is 1.79. The summed E-state index contributed by atoms with van der Waals surface area (Å²) >= 11 is 1.10. The number of alkyl halides is 3. The van der Waals surface area contributed by atoms with Gasteiger partial charge in [-0.15, -0.1) is 11.3 Å². The highest BCUT2D eigenvalue weighted by Crippen LogP contribution is 2.36. The number of thiazole rings is 1. The summed E-state index contributed by atoms with van der Waals surface area (Å²) in [6, 6.07) is 0. The number of hydrogen-bond acceptors (Lipinski definition) is 4. The Kier molecular flexibility index (Phi) is 3.37. The third kappa shape index (κ3) is 2.47. The second-order valence-electron chi connectivity index (χ2n) is 3.26. The molecule has 0 amide bonds. The molecule has 1 heterocycles. The molecular formula is C8H11F3N2OS. The summed E-state index contributed by atoms with van der Waals surface area (Å²) in [7, 11) is 1.45. The number of hydrogen-bond donors (Lipinski definition) is 1. The second-order valence-corrected chi connectivity index (χ2v) is 4.20. The Labute approximate surface area is 89.1 Å². The van der Waals surface area contributed by atoms with Crippen LogP contribution < -0.4 is 5.73 Å².